The van der Waals surface area contributed by atoms with E-state index in [0.717, 1.165) is 0 Å². The molecule has 0 aliphatic carbocycles. The van der Waals surface area contributed by atoms with Crippen molar-refractivity contribution in [3.63, 3.8) is 0 Å². The lowest BCUT2D eigenvalue weighted by Crippen LogP contribution is -2.39. The number of carbonyl (C=O) groups excluding carboxylic acids is 1. The van der Waals surface area contributed by atoms with Gasteiger partial charge in [-0.25, -0.2) is 8.42 Å². The summed E-state index contributed by atoms with van der Waals surface area (Å²) >= 11 is 0. The highest BCUT2D eigenvalue weighted by molar-refractivity contribution is 7.92. The van der Waals surface area contributed by atoms with Gasteiger partial charge in [-0.15, -0.1) is 0 Å². The molecule has 0 spiro atoms. The lowest BCUT2D eigenvalue weighted by Gasteiger charge is -2.16. The van der Waals surface area contributed by atoms with Gasteiger partial charge in [0.05, 0.1) is 4.90 Å². The predicted octanol–water partition coefficient (Wildman–Crippen LogP) is 1.51. The van der Waals surface area contributed by atoms with Crippen LogP contribution in [0.1, 0.15) is 26.3 Å². The van der Waals surface area contributed by atoms with Crippen molar-refractivity contribution in [2.45, 2.75) is 37.8 Å². The summed E-state index contributed by atoms with van der Waals surface area (Å²) in [7, 11) is -3.70. The molecule has 1 aromatic carbocycles. The molecule has 0 radical (unpaired) electrons. The van der Waals surface area contributed by atoms with Crippen molar-refractivity contribution >= 4 is 21.4 Å². The van der Waals surface area contributed by atoms with Crippen molar-refractivity contribution in [3.05, 3.63) is 23.8 Å². The van der Waals surface area contributed by atoms with E-state index in [1.807, 2.05) is 13.8 Å². The highest BCUT2D eigenvalue weighted by atomic mass is 32.2. The second-order valence-corrected chi connectivity index (χ2v) is 7.59. The molecular formula is C14H22N2O3S. The summed E-state index contributed by atoms with van der Waals surface area (Å²) in [5, 5.41) is 1.52. The molecule has 0 bridgehead atoms. The first-order valence-corrected chi connectivity index (χ1v) is 8.08. The lowest BCUT2D eigenvalue weighted by atomic mass is 10.2. The number of aryl methyl sites for hydroxylation is 1. The van der Waals surface area contributed by atoms with E-state index in [4.69, 9.17) is 5.73 Å². The Morgan fingerprint density at radius 3 is 2.40 bits per heavy atom. The number of carbonyl (C=O) groups is 1. The molecule has 1 rings (SSSR count). The van der Waals surface area contributed by atoms with Gasteiger partial charge >= 0.3 is 0 Å². The highest BCUT2D eigenvalue weighted by Crippen LogP contribution is 2.22. The van der Waals surface area contributed by atoms with Gasteiger partial charge in [-0.05, 0) is 43.5 Å². The van der Waals surface area contributed by atoms with Crippen LogP contribution in [-0.2, 0) is 14.6 Å². The van der Waals surface area contributed by atoms with Crippen LogP contribution in [0.3, 0.4) is 0 Å². The summed E-state index contributed by atoms with van der Waals surface area (Å²) in [4.78, 5) is 12.1. The molecule has 1 unspecified atom stereocenters. The minimum Gasteiger partial charge on any atom is -0.399 e. The van der Waals surface area contributed by atoms with E-state index in [2.05, 4.69) is 5.32 Å². The van der Waals surface area contributed by atoms with Crippen LogP contribution in [0.5, 0.6) is 0 Å². The molecule has 5 nitrogen and oxygen atoms in total. The second-order valence-electron chi connectivity index (χ2n) is 5.35. The summed E-state index contributed by atoms with van der Waals surface area (Å²) < 4.78 is 24.9. The van der Waals surface area contributed by atoms with Crippen LogP contribution in [0.2, 0.25) is 0 Å². The Morgan fingerprint density at radius 1 is 1.30 bits per heavy atom. The first-order valence-electron chi connectivity index (χ1n) is 6.54. The predicted molar refractivity (Wildman–Crippen MR) is 80.1 cm³/mol. The van der Waals surface area contributed by atoms with Crippen molar-refractivity contribution in [2.75, 3.05) is 12.3 Å². The number of nitrogens with two attached hydrogens (primary N) is 1. The molecule has 1 amide bonds. The Hall–Kier alpha value is -1.56. The van der Waals surface area contributed by atoms with Crippen LogP contribution in [0.15, 0.2) is 23.1 Å². The van der Waals surface area contributed by atoms with Gasteiger partial charge in [0.2, 0.25) is 5.91 Å². The minimum atomic E-state index is -3.70. The molecule has 1 aromatic rings. The van der Waals surface area contributed by atoms with E-state index in [-0.39, 0.29) is 10.8 Å². The zero-order valence-corrected chi connectivity index (χ0v) is 13.1. The van der Waals surface area contributed by atoms with Crippen molar-refractivity contribution < 1.29 is 13.2 Å². The topological polar surface area (TPSA) is 89.3 Å². The average molecular weight is 298 g/mol. The molecule has 0 heterocycles. The van der Waals surface area contributed by atoms with E-state index in [1.54, 1.807) is 13.0 Å². The fourth-order valence-electron chi connectivity index (χ4n) is 1.77. The molecule has 0 saturated heterocycles. The molecule has 20 heavy (non-hydrogen) atoms. The molecule has 0 aliphatic heterocycles. The minimum absolute atomic E-state index is 0.152. The average Bonchev–Trinajstić information content (AvgIpc) is 2.34. The van der Waals surface area contributed by atoms with Gasteiger partial charge in [-0.3, -0.25) is 4.79 Å². The number of nitrogen functional groups attached to an aromatic ring is 1. The summed E-state index contributed by atoms with van der Waals surface area (Å²) in [5.74, 6) is -0.206. The van der Waals surface area contributed by atoms with Crippen molar-refractivity contribution in [1.82, 2.24) is 5.32 Å². The monoisotopic (exact) mass is 298 g/mol. The van der Waals surface area contributed by atoms with Crippen molar-refractivity contribution in [2.24, 2.45) is 5.92 Å². The fourth-order valence-corrected chi connectivity index (χ4v) is 3.28. The maximum Gasteiger partial charge on any atom is 0.238 e. The number of anilines is 1. The van der Waals surface area contributed by atoms with Crippen LogP contribution >= 0.6 is 0 Å². The summed E-state index contributed by atoms with van der Waals surface area (Å²) in [6, 6.07) is 4.57. The third-order valence-electron chi connectivity index (χ3n) is 3.02. The van der Waals surface area contributed by atoms with Crippen molar-refractivity contribution in [3.8, 4) is 0 Å². The standard InChI is InChI=1S/C14H22N2O3S/c1-9(2)8-16-14(17)11(4)20(18,19)13-6-5-12(15)7-10(13)3/h5-7,9,11H,8,15H2,1-4H3,(H,16,17). The van der Waals surface area contributed by atoms with E-state index in [0.29, 0.717) is 17.8 Å². The van der Waals surface area contributed by atoms with Crippen LogP contribution < -0.4 is 11.1 Å². The van der Waals surface area contributed by atoms with Gasteiger partial charge in [0.1, 0.15) is 5.25 Å². The molecule has 1 atom stereocenters. The van der Waals surface area contributed by atoms with E-state index in [9.17, 15) is 13.2 Å². The number of hydrogen-bond donors (Lipinski definition) is 2. The van der Waals surface area contributed by atoms with E-state index in [1.165, 1.54) is 19.1 Å². The SMILES string of the molecule is Cc1cc(N)ccc1S(=O)(=O)C(C)C(=O)NCC(C)C. The lowest BCUT2D eigenvalue weighted by molar-refractivity contribution is -0.120. The zero-order valence-electron chi connectivity index (χ0n) is 12.3. The third kappa shape index (κ3) is 3.72. The maximum atomic E-state index is 12.4. The maximum absolute atomic E-state index is 12.4. The summed E-state index contributed by atoms with van der Waals surface area (Å²) in [6.07, 6.45) is 0. The molecule has 112 valence electrons. The molecule has 0 aromatic heterocycles. The molecular weight excluding hydrogens is 276 g/mol. The van der Waals surface area contributed by atoms with Gasteiger partial charge < -0.3 is 11.1 Å². The third-order valence-corrected chi connectivity index (χ3v) is 5.24. The molecule has 0 saturated carbocycles. The van der Waals surface area contributed by atoms with E-state index < -0.39 is 21.0 Å². The molecule has 0 aliphatic rings. The van der Waals surface area contributed by atoms with Crippen LogP contribution in [0, 0.1) is 12.8 Å². The van der Waals surface area contributed by atoms with Gasteiger partial charge in [0.15, 0.2) is 9.84 Å². The summed E-state index contributed by atoms with van der Waals surface area (Å²) in [5.41, 5.74) is 6.66. The number of rotatable bonds is 5. The van der Waals surface area contributed by atoms with Gasteiger partial charge in [0.25, 0.3) is 0 Å². The Bertz CT molecular complexity index is 594. The fraction of sp³-hybridized carbons (Fsp3) is 0.500. The molecule has 3 N–H and O–H groups in total. The van der Waals surface area contributed by atoms with Crippen molar-refractivity contribution in [1.29, 1.82) is 0 Å². The van der Waals surface area contributed by atoms with Crippen LogP contribution in [0.25, 0.3) is 0 Å². The zero-order chi connectivity index (χ0) is 15.5. The largest absolute Gasteiger partial charge is 0.399 e. The Morgan fingerprint density at radius 2 is 1.90 bits per heavy atom. The number of hydrogen-bond acceptors (Lipinski definition) is 4. The smallest absolute Gasteiger partial charge is 0.238 e. The first kappa shape index (κ1) is 16.5. The number of nitrogens with one attached hydrogen (secondary N) is 1. The van der Waals surface area contributed by atoms with E-state index >= 15 is 0 Å². The van der Waals surface area contributed by atoms with Gasteiger partial charge in [-0.2, -0.15) is 0 Å². The number of amides is 1. The molecule has 6 heteroatoms. The normalized spacial score (nSPS) is 13.2. The number of benzene rings is 1. The Balaban J connectivity index is 3.01. The van der Waals surface area contributed by atoms with Crippen LogP contribution in [0.4, 0.5) is 5.69 Å². The number of sulfone groups is 1. The Labute approximate surface area is 120 Å². The summed E-state index contributed by atoms with van der Waals surface area (Å²) in [6.45, 7) is 7.43. The first-order chi connectivity index (χ1) is 9.16. The quantitative estimate of drug-likeness (QED) is 0.806. The van der Waals surface area contributed by atoms with Crippen LogP contribution in [-0.4, -0.2) is 26.1 Å². The van der Waals surface area contributed by atoms with Gasteiger partial charge in [0, 0.05) is 12.2 Å². The van der Waals surface area contributed by atoms with Gasteiger partial charge in [-0.1, -0.05) is 13.8 Å². The highest BCUT2D eigenvalue weighted by Gasteiger charge is 2.30. The molecule has 0 fully saturated rings. The second kappa shape index (κ2) is 6.26. The Kier molecular flexibility index (Phi) is 5.16.